The number of hydrogen-bond acceptors (Lipinski definition) is 4. The predicted molar refractivity (Wildman–Crippen MR) is 46.8 cm³/mol. The summed E-state index contributed by atoms with van der Waals surface area (Å²) in [4.78, 5) is 10.6. The van der Waals surface area contributed by atoms with Crippen molar-refractivity contribution >= 4 is 5.91 Å². The van der Waals surface area contributed by atoms with Crippen LogP contribution >= 0.6 is 0 Å². The minimum absolute atomic E-state index is 0.305. The monoisotopic (exact) mass is 224 g/mol. The van der Waals surface area contributed by atoms with Crippen molar-refractivity contribution in [2.24, 2.45) is 5.84 Å². The van der Waals surface area contributed by atoms with Crippen molar-refractivity contribution in [1.29, 1.82) is 0 Å². The molecule has 0 aromatic rings. The Kier molecular flexibility index (Phi) is 4.37. The number of rotatable bonds is 4. The fourth-order valence-corrected chi connectivity index (χ4v) is 1.29. The molecule has 0 radical (unpaired) electrons. The molecule has 0 spiro atoms. The van der Waals surface area contributed by atoms with E-state index in [-0.39, 0.29) is 12.7 Å². The third-order valence-electron chi connectivity index (χ3n) is 2.12. The molecule has 0 aromatic heterocycles. The third-order valence-corrected chi connectivity index (χ3v) is 2.12. The van der Waals surface area contributed by atoms with E-state index in [4.69, 9.17) is 4.74 Å². The topological polar surface area (TPSA) is 73.6 Å². The highest BCUT2D eigenvalue weighted by atomic mass is 19.3. The zero-order valence-corrected chi connectivity index (χ0v) is 8.17. The molecule has 0 aromatic carbocycles. The number of nitrogens with one attached hydrogen (secondary N) is 1. The Labute approximate surface area is 85.9 Å². The van der Waals surface area contributed by atoms with Crippen molar-refractivity contribution in [2.75, 3.05) is 13.2 Å². The molecule has 1 saturated heterocycles. The van der Waals surface area contributed by atoms with E-state index in [1.807, 2.05) is 0 Å². The van der Waals surface area contributed by atoms with E-state index < -0.39 is 12.0 Å². The van der Waals surface area contributed by atoms with Gasteiger partial charge in [-0.2, -0.15) is 8.78 Å². The largest absolute Gasteiger partial charge is 0.437 e. The van der Waals surface area contributed by atoms with Crippen LogP contribution in [0.3, 0.4) is 0 Å². The van der Waals surface area contributed by atoms with Gasteiger partial charge in [-0.3, -0.25) is 10.2 Å². The zero-order valence-electron chi connectivity index (χ0n) is 8.17. The van der Waals surface area contributed by atoms with Gasteiger partial charge >= 0.3 is 12.0 Å². The lowest BCUT2D eigenvalue weighted by Gasteiger charge is -2.24. The summed E-state index contributed by atoms with van der Waals surface area (Å²) >= 11 is 0. The fourth-order valence-electron chi connectivity index (χ4n) is 1.29. The van der Waals surface area contributed by atoms with Gasteiger partial charge in [0.15, 0.2) is 0 Å². The van der Waals surface area contributed by atoms with Crippen LogP contribution in [0.25, 0.3) is 0 Å². The maximum Gasteiger partial charge on any atom is 0.437 e. The summed E-state index contributed by atoms with van der Waals surface area (Å²) in [5.41, 5.74) is 1.34. The Balaban J connectivity index is 2.31. The molecule has 1 rings (SSSR count). The summed E-state index contributed by atoms with van der Waals surface area (Å²) in [5.74, 6) is 2.92. The molecule has 1 amide bonds. The first-order valence-electron chi connectivity index (χ1n) is 4.70. The predicted octanol–water partition coefficient (Wildman–Crippen LogP) is 0.155. The Hall–Kier alpha value is -0.790. The molecule has 88 valence electrons. The molecule has 1 fully saturated rings. The van der Waals surface area contributed by atoms with Crippen LogP contribution in [-0.4, -0.2) is 31.3 Å². The number of halogens is 2. The van der Waals surface area contributed by atoms with Crippen LogP contribution in [0, 0.1) is 0 Å². The van der Waals surface area contributed by atoms with Gasteiger partial charge in [0.25, 0.3) is 0 Å². The molecule has 15 heavy (non-hydrogen) atoms. The minimum atomic E-state index is -3.89. The van der Waals surface area contributed by atoms with E-state index in [0.717, 1.165) is 12.8 Å². The van der Waals surface area contributed by atoms with Gasteiger partial charge in [-0.1, -0.05) is 0 Å². The summed E-state index contributed by atoms with van der Waals surface area (Å²) < 4.78 is 34.9. The summed E-state index contributed by atoms with van der Waals surface area (Å²) in [6.07, 6.45) is -1.75. The molecule has 1 unspecified atom stereocenters. The Bertz CT molecular complexity index is 220. The molecule has 1 atom stereocenters. The SMILES string of the molecule is NNC(=O)C(F)(F)OCC1CCCCO1. The van der Waals surface area contributed by atoms with Gasteiger partial charge in [-0.25, -0.2) is 5.84 Å². The van der Waals surface area contributed by atoms with E-state index >= 15 is 0 Å². The lowest BCUT2D eigenvalue weighted by molar-refractivity contribution is -0.242. The molecule has 0 saturated carbocycles. The quantitative estimate of drug-likeness (QED) is 0.405. The van der Waals surface area contributed by atoms with Crippen LogP contribution in [0.4, 0.5) is 8.78 Å². The van der Waals surface area contributed by atoms with Crippen molar-refractivity contribution in [3.05, 3.63) is 0 Å². The Morgan fingerprint density at radius 1 is 1.60 bits per heavy atom. The molecule has 0 aliphatic carbocycles. The lowest BCUT2D eigenvalue weighted by atomic mass is 10.1. The van der Waals surface area contributed by atoms with Gasteiger partial charge < -0.3 is 9.47 Å². The fraction of sp³-hybridized carbons (Fsp3) is 0.875. The van der Waals surface area contributed by atoms with Gasteiger partial charge in [0, 0.05) is 6.61 Å². The highest BCUT2D eigenvalue weighted by molar-refractivity contribution is 5.81. The van der Waals surface area contributed by atoms with Crippen molar-refractivity contribution in [3.63, 3.8) is 0 Å². The number of ether oxygens (including phenoxy) is 2. The van der Waals surface area contributed by atoms with Crippen LogP contribution in [0.5, 0.6) is 0 Å². The number of hydrazine groups is 1. The van der Waals surface area contributed by atoms with Crippen LogP contribution in [0.15, 0.2) is 0 Å². The van der Waals surface area contributed by atoms with Crippen molar-refractivity contribution in [3.8, 4) is 0 Å². The van der Waals surface area contributed by atoms with Gasteiger partial charge in [0.1, 0.15) is 0 Å². The number of hydrogen-bond donors (Lipinski definition) is 2. The molecule has 0 bridgehead atoms. The number of carbonyl (C=O) groups excluding carboxylic acids is 1. The lowest BCUT2D eigenvalue weighted by Crippen LogP contribution is -2.46. The van der Waals surface area contributed by atoms with Crippen LogP contribution in [0.1, 0.15) is 19.3 Å². The molecular weight excluding hydrogens is 210 g/mol. The smallest absolute Gasteiger partial charge is 0.376 e. The summed E-state index contributed by atoms with van der Waals surface area (Å²) in [6, 6.07) is 0. The Morgan fingerprint density at radius 3 is 2.87 bits per heavy atom. The van der Waals surface area contributed by atoms with E-state index in [2.05, 4.69) is 10.6 Å². The molecule has 1 aliphatic heterocycles. The van der Waals surface area contributed by atoms with Crippen LogP contribution < -0.4 is 11.3 Å². The maximum absolute atomic E-state index is 12.8. The highest BCUT2D eigenvalue weighted by Gasteiger charge is 2.40. The second-order valence-corrected chi connectivity index (χ2v) is 3.29. The number of nitrogens with two attached hydrogens (primary N) is 1. The average molecular weight is 224 g/mol. The zero-order chi connectivity index (χ0) is 11.3. The second-order valence-electron chi connectivity index (χ2n) is 3.29. The first kappa shape index (κ1) is 12.3. The second kappa shape index (κ2) is 5.34. The Morgan fingerprint density at radius 2 is 2.33 bits per heavy atom. The summed E-state index contributed by atoms with van der Waals surface area (Å²) in [5, 5.41) is 0. The van der Waals surface area contributed by atoms with Crippen LogP contribution in [0.2, 0.25) is 0 Å². The first-order chi connectivity index (χ1) is 7.06. The van der Waals surface area contributed by atoms with Crippen molar-refractivity contribution < 1.29 is 23.0 Å². The molecule has 1 aliphatic rings. The van der Waals surface area contributed by atoms with Gasteiger partial charge in [0.2, 0.25) is 0 Å². The van der Waals surface area contributed by atoms with E-state index in [1.165, 1.54) is 5.43 Å². The van der Waals surface area contributed by atoms with Gasteiger partial charge in [-0.15, -0.1) is 0 Å². The minimum Gasteiger partial charge on any atom is -0.376 e. The van der Waals surface area contributed by atoms with Crippen LogP contribution in [-0.2, 0) is 14.3 Å². The van der Waals surface area contributed by atoms with Gasteiger partial charge in [-0.05, 0) is 19.3 Å². The average Bonchev–Trinajstić information content (AvgIpc) is 2.27. The number of alkyl halides is 2. The third kappa shape index (κ3) is 3.69. The van der Waals surface area contributed by atoms with Crippen molar-refractivity contribution in [1.82, 2.24) is 5.43 Å². The first-order valence-corrected chi connectivity index (χ1v) is 4.70. The van der Waals surface area contributed by atoms with E-state index in [1.54, 1.807) is 0 Å². The van der Waals surface area contributed by atoms with Crippen molar-refractivity contribution in [2.45, 2.75) is 31.5 Å². The molecule has 1 heterocycles. The molecule has 3 N–H and O–H groups in total. The molecular formula is C8H14F2N2O3. The highest BCUT2D eigenvalue weighted by Crippen LogP contribution is 2.19. The standard InChI is InChI=1S/C8H14F2N2O3/c9-8(10,7(13)12-11)15-5-6-3-1-2-4-14-6/h6H,1-5,11H2,(H,12,13). The van der Waals surface area contributed by atoms with E-state index in [0.29, 0.717) is 13.0 Å². The molecule has 7 heteroatoms. The van der Waals surface area contributed by atoms with E-state index in [9.17, 15) is 13.6 Å². The number of amides is 1. The normalized spacial score (nSPS) is 22.5. The summed E-state index contributed by atoms with van der Waals surface area (Å²) in [6.45, 7) is 0.239. The maximum atomic E-state index is 12.8. The summed E-state index contributed by atoms with van der Waals surface area (Å²) in [7, 11) is 0. The van der Waals surface area contributed by atoms with Gasteiger partial charge in [0.05, 0.1) is 12.7 Å². The molecule has 5 nitrogen and oxygen atoms in total. The number of carbonyl (C=O) groups is 1.